The molecule has 19 heavy (non-hydrogen) atoms. The number of rotatable bonds is 2. The smallest absolute Gasteiger partial charge is 0.257 e. The van der Waals surface area contributed by atoms with Crippen LogP contribution in [0.5, 0.6) is 0 Å². The van der Waals surface area contributed by atoms with Crippen molar-refractivity contribution in [2.24, 2.45) is 0 Å². The number of hydrogen-bond acceptors (Lipinski definition) is 4. The van der Waals surface area contributed by atoms with Gasteiger partial charge in [0.1, 0.15) is 6.07 Å². The first-order valence-electron chi connectivity index (χ1n) is 5.64. The van der Waals surface area contributed by atoms with Crippen molar-refractivity contribution in [2.75, 3.05) is 11.1 Å². The van der Waals surface area contributed by atoms with Crippen LogP contribution in [0, 0.1) is 18.3 Å². The van der Waals surface area contributed by atoms with Crippen LogP contribution in [0.4, 0.5) is 11.4 Å². The first-order valence-corrected chi connectivity index (χ1v) is 5.64. The average molecular weight is 252 g/mol. The molecular formula is C14H12N4O. The monoisotopic (exact) mass is 252 g/mol. The van der Waals surface area contributed by atoms with Gasteiger partial charge >= 0.3 is 0 Å². The molecular weight excluding hydrogens is 240 g/mol. The van der Waals surface area contributed by atoms with Crippen molar-refractivity contribution in [1.29, 1.82) is 5.26 Å². The quantitative estimate of drug-likeness (QED) is 0.856. The fraction of sp³-hybridized carbons (Fsp3) is 0.0714. The molecule has 94 valence electrons. The van der Waals surface area contributed by atoms with E-state index in [1.54, 1.807) is 12.1 Å². The maximum Gasteiger partial charge on any atom is 0.257 e. The second kappa shape index (κ2) is 5.19. The number of nitrogen functional groups attached to an aromatic ring is 1. The van der Waals surface area contributed by atoms with Crippen LogP contribution in [0.2, 0.25) is 0 Å². The van der Waals surface area contributed by atoms with E-state index < -0.39 is 0 Å². The number of anilines is 2. The molecule has 5 heteroatoms. The molecule has 0 saturated heterocycles. The number of aromatic nitrogens is 1. The lowest BCUT2D eigenvalue weighted by molar-refractivity contribution is 0.102. The number of amides is 1. The van der Waals surface area contributed by atoms with E-state index in [2.05, 4.69) is 16.4 Å². The number of nitrogens with two attached hydrogens (primary N) is 1. The molecule has 2 rings (SSSR count). The number of nitriles is 1. The third-order valence-electron chi connectivity index (χ3n) is 2.73. The van der Waals surface area contributed by atoms with Crippen molar-refractivity contribution in [1.82, 2.24) is 4.98 Å². The SMILES string of the molecule is Cc1cccc(NC(=O)c2ccncc2N)c1C#N. The van der Waals surface area contributed by atoms with Crippen molar-refractivity contribution < 1.29 is 4.79 Å². The van der Waals surface area contributed by atoms with Crippen LogP contribution in [0.15, 0.2) is 36.7 Å². The largest absolute Gasteiger partial charge is 0.397 e. The van der Waals surface area contributed by atoms with Crippen LogP contribution in [0.1, 0.15) is 21.5 Å². The van der Waals surface area contributed by atoms with E-state index in [0.717, 1.165) is 5.56 Å². The molecule has 0 spiro atoms. The fourth-order valence-electron chi connectivity index (χ4n) is 1.72. The summed E-state index contributed by atoms with van der Waals surface area (Å²) in [6.07, 6.45) is 2.91. The fourth-order valence-corrected chi connectivity index (χ4v) is 1.72. The van der Waals surface area contributed by atoms with Gasteiger partial charge in [0.05, 0.1) is 28.7 Å². The Morgan fingerprint density at radius 2 is 2.21 bits per heavy atom. The number of nitrogens with one attached hydrogen (secondary N) is 1. The molecule has 2 aromatic rings. The molecule has 0 radical (unpaired) electrons. The Balaban J connectivity index is 2.33. The summed E-state index contributed by atoms with van der Waals surface area (Å²) in [4.78, 5) is 15.9. The number of pyridine rings is 1. The van der Waals surface area contributed by atoms with Gasteiger partial charge in [-0.2, -0.15) is 5.26 Å². The standard InChI is InChI=1S/C14H12N4O/c1-9-3-2-4-13(11(9)7-15)18-14(19)10-5-6-17-8-12(10)16/h2-6,8H,16H2,1H3,(H,18,19). The Morgan fingerprint density at radius 1 is 1.42 bits per heavy atom. The summed E-state index contributed by atoms with van der Waals surface area (Å²) in [5, 5.41) is 11.8. The number of aryl methyl sites for hydroxylation is 1. The lowest BCUT2D eigenvalue weighted by Gasteiger charge is -2.09. The zero-order valence-corrected chi connectivity index (χ0v) is 10.3. The van der Waals surface area contributed by atoms with Gasteiger partial charge in [-0.05, 0) is 24.6 Å². The Morgan fingerprint density at radius 3 is 2.89 bits per heavy atom. The lowest BCUT2D eigenvalue weighted by Crippen LogP contribution is -2.15. The van der Waals surface area contributed by atoms with Gasteiger partial charge in [-0.15, -0.1) is 0 Å². The van der Waals surface area contributed by atoms with Crippen LogP contribution >= 0.6 is 0 Å². The highest BCUT2D eigenvalue weighted by Crippen LogP contribution is 2.20. The highest BCUT2D eigenvalue weighted by Gasteiger charge is 2.12. The minimum absolute atomic E-state index is 0.297. The Hall–Kier alpha value is -2.87. The highest BCUT2D eigenvalue weighted by atomic mass is 16.1. The van der Waals surface area contributed by atoms with Gasteiger partial charge in [0.25, 0.3) is 5.91 Å². The maximum absolute atomic E-state index is 12.1. The van der Waals surface area contributed by atoms with E-state index in [9.17, 15) is 4.79 Å². The van der Waals surface area contributed by atoms with Gasteiger partial charge in [-0.3, -0.25) is 9.78 Å². The summed E-state index contributed by atoms with van der Waals surface area (Å²) in [6, 6.07) is 8.89. The number of hydrogen-bond donors (Lipinski definition) is 2. The first kappa shape index (κ1) is 12.6. The summed E-state index contributed by atoms with van der Waals surface area (Å²) in [5.41, 5.74) is 8.05. The van der Waals surface area contributed by atoms with Crippen LogP contribution < -0.4 is 11.1 Å². The molecule has 1 aromatic heterocycles. The third kappa shape index (κ3) is 2.53. The van der Waals surface area contributed by atoms with Crippen LogP contribution in [-0.2, 0) is 0 Å². The molecule has 0 fully saturated rings. The van der Waals surface area contributed by atoms with Crippen molar-refractivity contribution in [2.45, 2.75) is 6.92 Å². The highest BCUT2D eigenvalue weighted by molar-refractivity contribution is 6.08. The van der Waals surface area contributed by atoms with Gasteiger partial charge in [-0.1, -0.05) is 12.1 Å². The summed E-state index contributed by atoms with van der Waals surface area (Å²) in [5.74, 6) is -0.359. The second-order valence-electron chi connectivity index (χ2n) is 4.03. The predicted molar refractivity (Wildman–Crippen MR) is 72.5 cm³/mol. The molecule has 1 amide bonds. The van der Waals surface area contributed by atoms with Crippen molar-refractivity contribution >= 4 is 17.3 Å². The summed E-state index contributed by atoms with van der Waals surface area (Å²) in [7, 11) is 0. The maximum atomic E-state index is 12.1. The molecule has 0 unspecified atom stereocenters. The van der Waals surface area contributed by atoms with E-state index in [1.807, 2.05) is 13.0 Å². The zero-order valence-electron chi connectivity index (χ0n) is 10.3. The van der Waals surface area contributed by atoms with Gasteiger partial charge in [0.15, 0.2) is 0 Å². The Bertz CT molecular complexity index is 673. The Kier molecular flexibility index (Phi) is 3.44. The summed E-state index contributed by atoms with van der Waals surface area (Å²) in [6.45, 7) is 1.81. The second-order valence-corrected chi connectivity index (χ2v) is 4.03. The molecule has 5 nitrogen and oxygen atoms in total. The minimum Gasteiger partial charge on any atom is -0.397 e. The van der Waals surface area contributed by atoms with Crippen LogP contribution in [0.25, 0.3) is 0 Å². The normalized spacial score (nSPS) is 9.68. The van der Waals surface area contributed by atoms with E-state index in [0.29, 0.717) is 22.5 Å². The van der Waals surface area contributed by atoms with Crippen molar-refractivity contribution in [3.05, 3.63) is 53.3 Å². The number of benzene rings is 1. The molecule has 1 aromatic carbocycles. The molecule has 0 aliphatic carbocycles. The zero-order chi connectivity index (χ0) is 13.8. The van der Waals surface area contributed by atoms with E-state index in [4.69, 9.17) is 11.0 Å². The molecule has 0 saturated carbocycles. The van der Waals surface area contributed by atoms with Gasteiger partial charge in [0.2, 0.25) is 0 Å². The van der Waals surface area contributed by atoms with Crippen LogP contribution in [0.3, 0.4) is 0 Å². The molecule has 0 atom stereocenters. The molecule has 0 aliphatic rings. The van der Waals surface area contributed by atoms with Gasteiger partial charge in [-0.25, -0.2) is 0 Å². The summed E-state index contributed by atoms with van der Waals surface area (Å²) >= 11 is 0. The predicted octanol–water partition coefficient (Wildman–Crippen LogP) is 2.10. The molecule has 3 N–H and O–H groups in total. The first-order chi connectivity index (χ1) is 9.13. The van der Waals surface area contributed by atoms with E-state index in [-0.39, 0.29) is 5.91 Å². The van der Waals surface area contributed by atoms with Gasteiger partial charge < -0.3 is 11.1 Å². The van der Waals surface area contributed by atoms with Gasteiger partial charge in [0, 0.05) is 6.20 Å². The molecule has 0 bridgehead atoms. The van der Waals surface area contributed by atoms with Crippen LogP contribution in [-0.4, -0.2) is 10.9 Å². The van der Waals surface area contributed by atoms with Crippen molar-refractivity contribution in [3.63, 3.8) is 0 Å². The molecule has 0 aliphatic heterocycles. The number of carbonyl (C=O) groups is 1. The van der Waals surface area contributed by atoms with E-state index in [1.165, 1.54) is 18.5 Å². The third-order valence-corrected chi connectivity index (χ3v) is 2.73. The topological polar surface area (TPSA) is 91.8 Å². The number of carbonyl (C=O) groups excluding carboxylic acids is 1. The molecule has 1 heterocycles. The Labute approximate surface area is 110 Å². The number of nitrogens with zero attached hydrogens (tertiary/aromatic N) is 2. The average Bonchev–Trinajstić information content (AvgIpc) is 2.39. The van der Waals surface area contributed by atoms with E-state index >= 15 is 0 Å². The lowest BCUT2D eigenvalue weighted by atomic mass is 10.1. The summed E-state index contributed by atoms with van der Waals surface area (Å²) < 4.78 is 0. The van der Waals surface area contributed by atoms with Crippen molar-refractivity contribution in [3.8, 4) is 6.07 Å². The minimum atomic E-state index is -0.359.